The van der Waals surface area contributed by atoms with Crippen LogP contribution in [0.2, 0.25) is 0 Å². The fraction of sp³-hybridized carbons (Fsp3) is 0.0909. The van der Waals surface area contributed by atoms with Gasteiger partial charge in [-0.15, -0.1) is 0 Å². The molecule has 14 heavy (non-hydrogen) atoms. The third-order valence-electron chi connectivity index (χ3n) is 1.97. The largest absolute Gasteiger partial charge is 0.468 e. The summed E-state index contributed by atoms with van der Waals surface area (Å²) in [5.41, 5.74) is 0. The number of hydrogen-bond donors (Lipinski definition) is 0. The van der Waals surface area contributed by atoms with Crippen molar-refractivity contribution in [1.29, 1.82) is 0 Å². The summed E-state index contributed by atoms with van der Waals surface area (Å²) >= 11 is 6.58. The number of ether oxygens (including phenoxy) is 1. The third kappa shape index (κ3) is 2.10. The van der Waals surface area contributed by atoms with Gasteiger partial charge in [0.25, 0.3) is 0 Å². The first-order valence-corrected chi connectivity index (χ1v) is 6.03. The summed E-state index contributed by atoms with van der Waals surface area (Å²) in [5.74, 6) is 0.877. The fourth-order valence-corrected chi connectivity index (χ4v) is 1.80. The maximum Gasteiger partial charge on any atom is 0.207 e. The maximum absolute atomic E-state index is 5.56. The smallest absolute Gasteiger partial charge is 0.207 e. The molecule has 0 aliphatic rings. The van der Waals surface area contributed by atoms with Gasteiger partial charge in [-0.05, 0) is 43.3 Å². The molecule has 1 nitrogen and oxygen atoms in total. The Labute approximate surface area is 99.3 Å². The molecule has 0 saturated heterocycles. The van der Waals surface area contributed by atoms with E-state index in [0.717, 1.165) is 11.1 Å². The highest BCUT2D eigenvalue weighted by Gasteiger charge is 2.03. The second-order valence-electron chi connectivity index (χ2n) is 2.86. The summed E-state index contributed by atoms with van der Waals surface area (Å²) in [4.78, 5) is 0. The van der Waals surface area contributed by atoms with E-state index < -0.39 is 0 Å². The molecule has 0 aromatic heterocycles. The molecule has 2 rings (SSSR count). The highest BCUT2D eigenvalue weighted by atomic mass is 79.9. The second-order valence-corrected chi connectivity index (χ2v) is 5.75. The van der Waals surface area contributed by atoms with E-state index in [-0.39, 0.29) is 3.92 Å². The van der Waals surface area contributed by atoms with Gasteiger partial charge in [0.05, 0.1) is 0 Å². The number of rotatable bonds is 2. The number of halogens is 2. The van der Waals surface area contributed by atoms with Crippen LogP contribution < -0.4 is 4.74 Å². The van der Waals surface area contributed by atoms with Gasteiger partial charge in [-0.2, -0.15) is 0 Å². The van der Waals surface area contributed by atoms with Gasteiger partial charge in [0.1, 0.15) is 5.75 Å². The lowest BCUT2D eigenvalue weighted by Crippen LogP contribution is -1.97. The van der Waals surface area contributed by atoms with Gasteiger partial charge >= 0.3 is 0 Å². The molecular weight excluding hydrogens is 308 g/mol. The lowest BCUT2D eigenvalue weighted by atomic mass is 10.1. The van der Waals surface area contributed by atoms with Crippen molar-refractivity contribution in [2.24, 2.45) is 0 Å². The Balaban J connectivity index is 2.53. The monoisotopic (exact) mass is 314 g/mol. The van der Waals surface area contributed by atoms with Crippen LogP contribution in [0.1, 0.15) is 0 Å². The molecular formula is C11H8Br2O. The zero-order chi connectivity index (χ0) is 9.97. The first-order valence-electron chi connectivity index (χ1n) is 4.20. The average Bonchev–Trinajstić information content (AvgIpc) is 2.18. The van der Waals surface area contributed by atoms with Crippen molar-refractivity contribution >= 4 is 42.6 Å². The molecule has 0 radical (unpaired) electrons. The molecule has 2 aromatic rings. The Bertz CT molecular complexity index is 435. The van der Waals surface area contributed by atoms with E-state index in [9.17, 15) is 0 Å². The Morgan fingerprint density at radius 3 is 2.43 bits per heavy atom. The average molecular weight is 316 g/mol. The number of hydrogen-bond acceptors (Lipinski definition) is 1. The van der Waals surface area contributed by atoms with Gasteiger partial charge in [0.2, 0.25) is 3.92 Å². The molecule has 0 heterocycles. The molecule has 0 fully saturated rings. The summed E-state index contributed by atoms with van der Waals surface area (Å²) in [5, 5.41) is 2.31. The molecule has 0 aliphatic heterocycles. The second kappa shape index (κ2) is 4.32. The van der Waals surface area contributed by atoms with Crippen molar-refractivity contribution in [2.45, 2.75) is 3.92 Å². The molecule has 72 valence electrons. The molecule has 3 heteroatoms. The Morgan fingerprint density at radius 1 is 0.929 bits per heavy atom. The van der Waals surface area contributed by atoms with Crippen molar-refractivity contribution < 1.29 is 4.74 Å². The van der Waals surface area contributed by atoms with E-state index in [1.807, 2.05) is 30.3 Å². The first kappa shape index (κ1) is 9.99. The van der Waals surface area contributed by atoms with Crippen molar-refractivity contribution in [1.82, 2.24) is 0 Å². The van der Waals surface area contributed by atoms with Crippen LogP contribution in [-0.4, -0.2) is 3.92 Å². The standard InChI is InChI=1S/C11H8Br2O/c12-11(13)14-10-7-3-5-8-4-1-2-6-9(8)10/h1-7,11H. The first-order chi connectivity index (χ1) is 6.77. The molecule has 0 N–H and O–H groups in total. The molecule has 0 saturated carbocycles. The lowest BCUT2D eigenvalue weighted by molar-refractivity contribution is 0.381. The highest BCUT2D eigenvalue weighted by molar-refractivity contribution is 9.24. The quantitative estimate of drug-likeness (QED) is 0.751. The van der Waals surface area contributed by atoms with E-state index in [1.54, 1.807) is 0 Å². The van der Waals surface area contributed by atoms with Gasteiger partial charge in [-0.3, -0.25) is 0 Å². The van der Waals surface area contributed by atoms with Crippen LogP contribution in [0.15, 0.2) is 42.5 Å². The predicted octanol–water partition coefficient (Wildman–Crippen LogP) is 4.29. The van der Waals surface area contributed by atoms with E-state index in [2.05, 4.69) is 44.0 Å². The molecule has 0 bridgehead atoms. The predicted molar refractivity (Wildman–Crippen MR) is 66.2 cm³/mol. The van der Waals surface area contributed by atoms with Crippen molar-refractivity contribution in [3.63, 3.8) is 0 Å². The van der Waals surface area contributed by atoms with Crippen LogP contribution in [0, 0.1) is 0 Å². The maximum atomic E-state index is 5.56. The van der Waals surface area contributed by atoms with Gasteiger partial charge in [0, 0.05) is 5.39 Å². The third-order valence-corrected chi connectivity index (χ3v) is 2.34. The summed E-state index contributed by atoms with van der Waals surface area (Å²) in [6.07, 6.45) is 0. The normalized spacial score (nSPS) is 10.8. The SMILES string of the molecule is BrC(Br)Oc1cccc2ccccc12. The Kier molecular flexibility index (Phi) is 3.08. The molecule has 0 spiro atoms. The summed E-state index contributed by atoms with van der Waals surface area (Å²) in [6.45, 7) is 0. The van der Waals surface area contributed by atoms with Crippen LogP contribution >= 0.6 is 31.9 Å². The van der Waals surface area contributed by atoms with E-state index >= 15 is 0 Å². The van der Waals surface area contributed by atoms with E-state index in [1.165, 1.54) is 5.39 Å². The molecule has 0 amide bonds. The Morgan fingerprint density at radius 2 is 1.64 bits per heavy atom. The minimum Gasteiger partial charge on any atom is -0.468 e. The number of fused-ring (bicyclic) bond motifs is 1. The van der Waals surface area contributed by atoms with Crippen molar-refractivity contribution in [3.05, 3.63) is 42.5 Å². The minimum absolute atomic E-state index is 0.152. The zero-order valence-corrected chi connectivity index (χ0v) is 10.5. The van der Waals surface area contributed by atoms with Crippen LogP contribution in [0.25, 0.3) is 10.8 Å². The number of alkyl halides is 2. The molecule has 0 unspecified atom stereocenters. The van der Waals surface area contributed by atoms with Crippen LogP contribution in [0.3, 0.4) is 0 Å². The van der Waals surface area contributed by atoms with E-state index in [0.29, 0.717) is 0 Å². The minimum atomic E-state index is -0.152. The topological polar surface area (TPSA) is 9.23 Å². The van der Waals surface area contributed by atoms with Crippen molar-refractivity contribution in [3.8, 4) is 5.75 Å². The summed E-state index contributed by atoms with van der Waals surface area (Å²) < 4.78 is 5.41. The number of benzene rings is 2. The van der Waals surface area contributed by atoms with Gasteiger partial charge in [0.15, 0.2) is 0 Å². The highest BCUT2D eigenvalue weighted by Crippen LogP contribution is 2.27. The zero-order valence-electron chi connectivity index (χ0n) is 7.28. The summed E-state index contributed by atoms with van der Waals surface area (Å²) in [7, 11) is 0. The molecule has 0 aliphatic carbocycles. The van der Waals surface area contributed by atoms with Crippen LogP contribution in [0.4, 0.5) is 0 Å². The van der Waals surface area contributed by atoms with E-state index in [4.69, 9.17) is 4.74 Å². The van der Waals surface area contributed by atoms with Crippen LogP contribution in [0.5, 0.6) is 5.75 Å². The van der Waals surface area contributed by atoms with Gasteiger partial charge in [-0.1, -0.05) is 36.4 Å². The van der Waals surface area contributed by atoms with Crippen LogP contribution in [-0.2, 0) is 0 Å². The van der Waals surface area contributed by atoms with Gasteiger partial charge in [-0.25, -0.2) is 0 Å². The lowest BCUT2D eigenvalue weighted by Gasteiger charge is -2.09. The van der Waals surface area contributed by atoms with Gasteiger partial charge < -0.3 is 4.74 Å². The van der Waals surface area contributed by atoms with Crippen molar-refractivity contribution in [2.75, 3.05) is 0 Å². The summed E-state index contributed by atoms with van der Waals surface area (Å²) in [6, 6.07) is 14.2. The fourth-order valence-electron chi connectivity index (χ4n) is 1.39. The molecule has 0 atom stereocenters. The Hall–Kier alpha value is -0.540. The molecule has 2 aromatic carbocycles.